The van der Waals surface area contributed by atoms with Crippen LogP contribution in [-0.4, -0.2) is 34.5 Å². The number of aliphatic hydroxyl groups is 2. The van der Waals surface area contributed by atoms with Crippen molar-refractivity contribution in [3.63, 3.8) is 0 Å². The summed E-state index contributed by atoms with van der Waals surface area (Å²) in [5, 5.41) is 20.8. The summed E-state index contributed by atoms with van der Waals surface area (Å²) in [6.45, 7) is 6.11. The maximum atomic E-state index is 12.4. The molecule has 0 bridgehead atoms. The summed E-state index contributed by atoms with van der Waals surface area (Å²) in [5.74, 6) is 0.513. The van der Waals surface area contributed by atoms with Crippen molar-refractivity contribution in [3.05, 3.63) is 23.8 Å². The number of carbonyl (C=O) groups excluding carboxylic acids is 2. The van der Waals surface area contributed by atoms with E-state index in [9.17, 15) is 19.8 Å². The van der Waals surface area contributed by atoms with Crippen LogP contribution in [0.15, 0.2) is 23.8 Å². The Hall–Kier alpha value is -1.26. The summed E-state index contributed by atoms with van der Waals surface area (Å²) < 4.78 is 0. The molecule has 0 aliphatic heterocycles. The van der Waals surface area contributed by atoms with Crippen molar-refractivity contribution in [1.29, 1.82) is 0 Å². The van der Waals surface area contributed by atoms with Crippen LogP contribution in [0.3, 0.4) is 0 Å². The quantitative estimate of drug-likeness (QED) is 0.796. The lowest BCUT2D eigenvalue weighted by atomic mass is 9.40. The van der Waals surface area contributed by atoms with E-state index >= 15 is 0 Å². The SMILES string of the molecule is C[C@]12[C@@H](O)C[C@]3(C)C(C(=O)CO)CC[C@H]3[C@@H]1CCC1=CC(=O)C=C[C@@]12C. The lowest BCUT2D eigenvalue weighted by Gasteiger charge is -2.65. The molecule has 26 heavy (non-hydrogen) atoms. The molecule has 0 saturated heterocycles. The first kappa shape index (κ1) is 18.1. The minimum atomic E-state index is -0.535. The highest BCUT2D eigenvalue weighted by Gasteiger charge is 2.67. The zero-order valence-corrected chi connectivity index (χ0v) is 16.0. The molecule has 1 unspecified atom stereocenters. The summed E-state index contributed by atoms with van der Waals surface area (Å²) in [7, 11) is 0. The van der Waals surface area contributed by atoms with Gasteiger partial charge in [0.25, 0.3) is 0 Å². The molecule has 7 atom stereocenters. The molecular formula is C22H30O4. The number of ketones is 2. The van der Waals surface area contributed by atoms with Crippen molar-refractivity contribution in [2.45, 2.75) is 59.0 Å². The molecule has 4 rings (SSSR count). The fourth-order valence-corrected chi connectivity index (χ4v) is 7.28. The maximum Gasteiger partial charge on any atom is 0.178 e. The standard InChI is InChI=1S/C22H30O4/c1-20-11-19(26)22(3)16(15(20)6-7-17(20)18(25)12-23)5-4-13-10-14(24)8-9-21(13,22)2/h8-10,15-17,19,23,26H,4-7,11-12H2,1-3H3/t15-,16-,17?,19-,20-,21-,22+/m0/s1. The Morgan fingerprint density at radius 3 is 2.62 bits per heavy atom. The van der Waals surface area contributed by atoms with E-state index in [4.69, 9.17) is 0 Å². The van der Waals surface area contributed by atoms with Gasteiger partial charge in [-0.2, -0.15) is 0 Å². The van der Waals surface area contributed by atoms with Gasteiger partial charge < -0.3 is 10.2 Å². The van der Waals surface area contributed by atoms with Crippen LogP contribution in [-0.2, 0) is 9.59 Å². The number of hydrogen-bond acceptors (Lipinski definition) is 4. The molecule has 142 valence electrons. The van der Waals surface area contributed by atoms with Crippen molar-refractivity contribution in [1.82, 2.24) is 0 Å². The van der Waals surface area contributed by atoms with E-state index in [0.717, 1.165) is 31.3 Å². The Balaban J connectivity index is 1.78. The van der Waals surface area contributed by atoms with Crippen molar-refractivity contribution in [2.24, 2.45) is 34.0 Å². The zero-order valence-electron chi connectivity index (χ0n) is 16.0. The smallest absolute Gasteiger partial charge is 0.178 e. The van der Waals surface area contributed by atoms with Gasteiger partial charge in [0.1, 0.15) is 6.61 Å². The second-order valence-electron chi connectivity index (χ2n) is 9.62. The normalized spacial score (nSPS) is 49.9. The summed E-state index contributed by atoms with van der Waals surface area (Å²) in [6.07, 6.45) is 9.14. The minimum absolute atomic E-state index is 0.0455. The van der Waals surface area contributed by atoms with Gasteiger partial charge in [0.05, 0.1) is 6.10 Å². The highest BCUT2D eigenvalue weighted by Crippen LogP contribution is 2.71. The Kier molecular flexibility index (Phi) is 3.92. The molecule has 0 radical (unpaired) electrons. The molecule has 3 saturated carbocycles. The Bertz CT molecular complexity index is 722. The summed E-state index contributed by atoms with van der Waals surface area (Å²) >= 11 is 0. The molecular weight excluding hydrogens is 328 g/mol. The van der Waals surface area contributed by atoms with Gasteiger partial charge in [-0.3, -0.25) is 9.59 Å². The molecule has 0 heterocycles. The van der Waals surface area contributed by atoms with Crippen molar-refractivity contribution >= 4 is 11.6 Å². The van der Waals surface area contributed by atoms with Gasteiger partial charge in [0, 0.05) is 16.7 Å². The first-order chi connectivity index (χ1) is 12.2. The molecule has 3 fully saturated rings. The van der Waals surface area contributed by atoms with Crippen LogP contribution in [0.5, 0.6) is 0 Å². The van der Waals surface area contributed by atoms with Crippen LogP contribution in [0.4, 0.5) is 0 Å². The average molecular weight is 358 g/mol. The van der Waals surface area contributed by atoms with E-state index in [1.807, 2.05) is 6.08 Å². The summed E-state index contributed by atoms with van der Waals surface area (Å²) in [4.78, 5) is 24.3. The number of aliphatic hydroxyl groups excluding tert-OH is 2. The van der Waals surface area contributed by atoms with Gasteiger partial charge >= 0.3 is 0 Å². The predicted octanol–water partition coefficient (Wildman–Crippen LogP) is 2.83. The molecule has 2 N–H and O–H groups in total. The second kappa shape index (κ2) is 5.62. The van der Waals surface area contributed by atoms with Crippen molar-refractivity contribution < 1.29 is 19.8 Å². The number of allylic oxidation sites excluding steroid dienone is 4. The topological polar surface area (TPSA) is 74.6 Å². The van der Waals surface area contributed by atoms with E-state index in [1.165, 1.54) is 0 Å². The van der Waals surface area contributed by atoms with Gasteiger partial charge in [-0.25, -0.2) is 0 Å². The third kappa shape index (κ3) is 2.03. The maximum absolute atomic E-state index is 12.4. The average Bonchev–Trinajstić information content (AvgIpc) is 2.93. The van der Waals surface area contributed by atoms with Crippen molar-refractivity contribution in [3.8, 4) is 0 Å². The van der Waals surface area contributed by atoms with E-state index in [2.05, 4.69) is 20.8 Å². The van der Waals surface area contributed by atoms with Gasteiger partial charge in [0.2, 0.25) is 0 Å². The van der Waals surface area contributed by atoms with Gasteiger partial charge in [-0.1, -0.05) is 32.4 Å². The van der Waals surface area contributed by atoms with E-state index in [-0.39, 0.29) is 33.7 Å². The van der Waals surface area contributed by atoms with Crippen LogP contribution in [0.25, 0.3) is 0 Å². The number of rotatable bonds is 2. The first-order valence-corrected chi connectivity index (χ1v) is 9.94. The highest BCUT2D eigenvalue weighted by molar-refractivity contribution is 6.01. The zero-order chi connectivity index (χ0) is 18.9. The van der Waals surface area contributed by atoms with E-state index < -0.39 is 12.7 Å². The van der Waals surface area contributed by atoms with Crippen LogP contribution in [0.2, 0.25) is 0 Å². The fraction of sp³-hybridized carbons (Fsp3) is 0.727. The number of fused-ring (bicyclic) bond motifs is 5. The Morgan fingerprint density at radius 2 is 1.92 bits per heavy atom. The van der Waals surface area contributed by atoms with Gasteiger partial charge in [0.15, 0.2) is 11.6 Å². The van der Waals surface area contributed by atoms with Crippen LogP contribution < -0.4 is 0 Å². The molecule has 0 spiro atoms. The molecule has 4 aliphatic carbocycles. The van der Waals surface area contributed by atoms with Gasteiger partial charge in [-0.15, -0.1) is 0 Å². The molecule has 0 aromatic carbocycles. The molecule has 4 heteroatoms. The Labute approximate surface area is 155 Å². The lowest BCUT2D eigenvalue weighted by molar-refractivity contribution is -0.178. The van der Waals surface area contributed by atoms with E-state index in [0.29, 0.717) is 18.3 Å². The van der Waals surface area contributed by atoms with E-state index in [1.54, 1.807) is 12.2 Å². The van der Waals surface area contributed by atoms with Crippen LogP contribution in [0.1, 0.15) is 52.9 Å². The molecule has 0 aromatic rings. The minimum Gasteiger partial charge on any atom is -0.392 e. The molecule has 0 aromatic heterocycles. The lowest BCUT2D eigenvalue weighted by Crippen LogP contribution is -2.63. The number of Topliss-reactive ketones (excluding diaryl/α,β-unsaturated/α-hetero) is 1. The van der Waals surface area contributed by atoms with Crippen LogP contribution >= 0.6 is 0 Å². The third-order valence-electron chi connectivity index (χ3n) is 8.94. The highest BCUT2D eigenvalue weighted by atomic mass is 16.3. The molecule has 4 aliphatic rings. The van der Waals surface area contributed by atoms with Crippen LogP contribution in [0, 0.1) is 34.0 Å². The molecule has 4 nitrogen and oxygen atoms in total. The van der Waals surface area contributed by atoms with Crippen molar-refractivity contribution in [2.75, 3.05) is 6.61 Å². The first-order valence-electron chi connectivity index (χ1n) is 9.94. The fourth-order valence-electron chi connectivity index (χ4n) is 7.28. The second-order valence-corrected chi connectivity index (χ2v) is 9.62. The van der Waals surface area contributed by atoms with Gasteiger partial charge in [-0.05, 0) is 61.5 Å². The Morgan fingerprint density at radius 1 is 1.19 bits per heavy atom. The predicted molar refractivity (Wildman–Crippen MR) is 98.2 cm³/mol. The monoisotopic (exact) mass is 358 g/mol. The third-order valence-corrected chi connectivity index (χ3v) is 8.94. The molecule has 0 amide bonds. The number of carbonyl (C=O) groups is 2. The summed E-state index contributed by atoms with van der Waals surface area (Å²) in [5.41, 5.74) is 0.251. The summed E-state index contributed by atoms with van der Waals surface area (Å²) in [6, 6.07) is 0. The largest absolute Gasteiger partial charge is 0.392 e. The number of hydrogen-bond donors (Lipinski definition) is 2.